The molecule has 2 aromatic carbocycles. The number of carbonyl (C=O) groups excluding carboxylic acids is 2. The Morgan fingerprint density at radius 3 is 2.50 bits per heavy atom. The first-order chi connectivity index (χ1) is 13.5. The Hall–Kier alpha value is -4.01. The van der Waals surface area contributed by atoms with Crippen molar-refractivity contribution in [2.24, 2.45) is 7.05 Å². The maximum absolute atomic E-state index is 13.0. The van der Waals surface area contributed by atoms with Crippen LogP contribution in [-0.2, 0) is 7.05 Å². The first-order valence-corrected chi connectivity index (χ1v) is 8.34. The highest BCUT2D eigenvalue weighted by molar-refractivity contribution is 6.13. The maximum Gasteiger partial charge on any atom is 0.276 e. The van der Waals surface area contributed by atoms with Crippen LogP contribution < -0.4 is 10.6 Å². The molecule has 9 heteroatoms. The number of halogens is 1. The van der Waals surface area contributed by atoms with Gasteiger partial charge >= 0.3 is 0 Å². The van der Waals surface area contributed by atoms with Gasteiger partial charge in [-0.05, 0) is 42.5 Å². The van der Waals surface area contributed by atoms with Crippen LogP contribution in [0.5, 0.6) is 0 Å². The van der Waals surface area contributed by atoms with Crippen molar-refractivity contribution in [1.29, 1.82) is 0 Å². The van der Waals surface area contributed by atoms with Gasteiger partial charge in [0.15, 0.2) is 5.69 Å². The van der Waals surface area contributed by atoms with Gasteiger partial charge in [0.2, 0.25) is 0 Å². The average molecular weight is 378 g/mol. The van der Waals surface area contributed by atoms with Crippen LogP contribution in [0.1, 0.15) is 21.0 Å². The fourth-order valence-electron chi connectivity index (χ4n) is 2.76. The number of aryl methyl sites for hydroxylation is 1. The lowest BCUT2D eigenvalue weighted by atomic mass is 10.2. The van der Waals surface area contributed by atoms with E-state index in [-0.39, 0.29) is 11.4 Å². The summed E-state index contributed by atoms with van der Waals surface area (Å²) in [5, 5.41) is 5.32. The predicted molar refractivity (Wildman–Crippen MR) is 102 cm³/mol. The first kappa shape index (κ1) is 17.4. The van der Waals surface area contributed by atoms with E-state index in [9.17, 15) is 14.0 Å². The molecule has 0 bridgehead atoms. The summed E-state index contributed by atoms with van der Waals surface area (Å²) in [6.45, 7) is 0. The van der Waals surface area contributed by atoms with Crippen LogP contribution >= 0.6 is 0 Å². The van der Waals surface area contributed by atoms with Gasteiger partial charge < -0.3 is 20.2 Å². The molecule has 0 aliphatic heterocycles. The molecule has 0 fully saturated rings. The third-order valence-corrected chi connectivity index (χ3v) is 4.17. The van der Waals surface area contributed by atoms with Gasteiger partial charge in [-0.3, -0.25) is 9.59 Å². The summed E-state index contributed by atoms with van der Waals surface area (Å²) in [6, 6.07) is 10.6. The topological polar surface area (TPSA) is 105 Å². The summed E-state index contributed by atoms with van der Waals surface area (Å²) in [5.74, 6) is -1.51. The number of aromatic nitrogens is 4. The van der Waals surface area contributed by atoms with E-state index in [4.69, 9.17) is 0 Å². The minimum atomic E-state index is -0.559. The average Bonchev–Trinajstić information content (AvgIpc) is 3.31. The minimum Gasteiger partial charge on any atom is -0.340 e. The van der Waals surface area contributed by atoms with Gasteiger partial charge in [0.1, 0.15) is 11.5 Å². The quantitative estimate of drug-likeness (QED) is 0.508. The van der Waals surface area contributed by atoms with Crippen molar-refractivity contribution in [2.45, 2.75) is 0 Å². The Balaban J connectivity index is 1.53. The third kappa shape index (κ3) is 3.32. The van der Waals surface area contributed by atoms with E-state index in [0.717, 1.165) is 11.0 Å². The van der Waals surface area contributed by atoms with Crippen molar-refractivity contribution in [3.63, 3.8) is 0 Å². The molecule has 0 saturated heterocycles. The van der Waals surface area contributed by atoms with Gasteiger partial charge in [0.25, 0.3) is 11.8 Å². The molecule has 2 amide bonds. The minimum absolute atomic E-state index is 0.00318. The lowest BCUT2D eigenvalue weighted by molar-refractivity contribution is 0.0985. The summed E-state index contributed by atoms with van der Waals surface area (Å²) < 4.78 is 14.8. The van der Waals surface area contributed by atoms with Crippen molar-refractivity contribution in [3.05, 3.63) is 72.3 Å². The smallest absolute Gasteiger partial charge is 0.276 e. The molecule has 0 radical (unpaired) electrons. The molecule has 0 atom stereocenters. The number of benzene rings is 2. The van der Waals surface area contributed by atoms with Gasteiger partial charge in [0.05, 0.1) is 23.7 Å². The zero-order valence-electron chi connectivity index (χ0n) is 14.7. The van der Waals surface area contributed by atoms with Crippen molar-refractivity contribution in [3.8, 4) is 0 Å². The molecule has 0 aliphatic rings. The largest absolute Gasteiger partial charge is 0.340 e. The third-order valence-electron chi connectivity index (χ3n) is 4.17. The van der Waals surface area contributed by atoms with Crippen LogP contribution in [0.15, 0.2) is 55.1 Å². The summed E-state index contributed by atoms with van der Waals surface area (Å²) in [7, 11) is 1.85. The fourth-order valence-corrected chi connectivity index (χ4v) is 2.76. The van der Waals surface area contributed by atoms with Crippen molar-refractivity contribution >= 4 is 34.2 Å². The van der Waals surface area contributed by atoms with Crippen LogP contribution in [0.25, 0.3) is 11.0 Å². The van der Waals surface area contributed by atoms with Gasteiger partial charge in [-0.25, -0.2) is 14.4 Å². The number of H-pyrrole nitrogens is 1. The second-order valence-electron chi connectivity index (χ2n) is 6.10. The zero-order chi connectivity index (χ0) is 19.7. The lowest BCUT2D eigenvalue weighted by Gasteiger charge is -2.07. The Bertz CT molecular complexity index is 1180. The number of carbonyl (C=O) groups is 2. The highest BCUT2D eigenvalue weighted by Crippen LogP contribution is 2.19. The molecular formula is C19H15FN6O2. The van der Waals surface area contributed by atoms with E-state index in [1.807, 2.05) is 11.6 Å². The Kier molecular flexibility index (Phi) is 4.32. The highest BCUT2D eigenvalue weighted by Gasteiger charge is 2.21. The van der Waals surface area contributed by atoms with Crippen molar-refractivity contribution in [1.82, 2.24) is 19.5 Å². The molecule has 2 aromatic heterocycles. The predicted octanol–water partition coefficient (Wildman–Crippen LogP) is 2.94. The van der Waals surface area contributed by atoms with Gasteiger partial charge in [-0.15, -0.1) is 0 Å². The number of aromatic amines is 1. The SMILES string of the molecule is Cn1cnc2ccc(NC(=O)c3nc[nH]c3C(=O)Nc3ccc(F)cc3)cc21. The first-order valence-electron chi connectivity index (χ1n) is 8.34. The van der Waals surface area contributed by atoms with Crippen LogP contribution in [0.2, 0.25) is 0 Å². The molecule has 4 aromatic rings. The summed E-state index contributed by atoms with van der Waals surface area (Å²) in [4.78, 5) is 35.9. The molecule has 3 N–H and O–H groups in total. The fraction of sp³-hybridized carbons (Fsp3) is 0.0526. The number of nitrogens with zero attached hydrogens (tertiary/aromatic N) is 3. The van der Waals surface area contributed by atoms with E-state index in [0.29, 0.717) is 11.4 Å². The lowest BCUT2D eigenvalue weighted by Crippen LogP contribution is -2.20. The Morgan fingerprint density at radius 1 is 1.00 bits per heavy atom. The van der Waals surface area contributed by atoms with Gasteiger partial charge in [-0.2, -0.15) is 0 Å². The molecule has 0 saturated carbocycles. The highest BCUT2D eigenvalue weighted by atomic mass is 19.1. The standard InChI is InChI=1S/C19H15FN6O2/c1-26-10-23-14-7-6-13(8-15(14)26)25-19(28)17-16(21-9-22-17)18(27)24-12-4-2-11(20)3-5-12/h2-10H,1H3,(H,21,22)(H,24,27)(H,25,28). The number of anilines is 2. The van der Waals surface area contributed by atoms with Crippen molar-refractivity contribution < 1.29 is 14.0 Å². The molecule has 8 nitrogen and oxygen atoms in total. The van der Waals surface area contributed by atoms with Crippen LogP contribution in [0, 0.1) is 5.82 Å². The second-order valence-corrected chi connectivity index (χ2v) is 6.10. The molecule has 0 unspecified atom stereocenters. The van der Waals surface area contributed by atoms with Crippen LogP contribution in [-0.4, -0.2) is 31.3 Å². The van der Waals surface area contributed by atoms with Crippen molar-refractivity contribution in [2.75, 3.05) is 10.6 Å². The number of hydrogen-bond acceptors (Lipinski definition) is 4. The molecule has 140 valence electrons. The van der Waals surface area contributed by atoms with Gasteiger partial charge in [-0.1, -0.05) is 0 Å². The number of fused-ring (bicyclic) bond motifs is 1. The normalized spacial score (nSPS) is 10.8. The zero-order valence-corrected chi connectivity index (χ0v) is 14.7. The molecular weight excluding hydrogens is 363 g/mol. The van der Waals surface area contributed by atoms with E-state index in [1.165, 1.54) is 30.6 Å². The second kappa shape index (κ2) is 6.95. The summed E-state index contributed by atoms with van der Waals surface area (Å²) >= 11 is 0. The van der Waals surface area contributed by atoms with Crippen LogP contribution in [0.3, 0.4) is 0 Å². The number of nitrogens with one attached hydrogen (secondary N) is 3. The van der Waals surface area contributed by atoms with Crippen LogP contribution in [0.4, 0.5) is 15.8 Å². The number of rotatable bonds is 4. The summed E-state index contributed by atoms with van der Waals surface area (Å²) in [6.07, 6.45) is 2.95. The Morgan fingerprint density at radius 2 is 1.71 bits per heavy atom. The molecule has 0 aliphatic carbocycles. The van der Waals surface area contributed by atoms with E-state index in [1.54, 1.807) is 24.5 Å². The number of imidazole rings is 2. The Labute approximate surface area is 158 Å². The maximum atomic E-state index is 13.0. The molecule has 2 heterocycles. The summed E-state index contributed by atoms with van der Waals surface area (Å²) in [5.41, 5.74) is 2.56. The number of hydrogen-bond donors (Lipinski definition) is 3. The van der Waals surface area contributed by atoms with E-state index < -0.39 is 17.6 Å². The molecule has 4 rings (SSSR count). The van der Waals surface area contributed by atoms with E-state index in [2.05, 4.69) is 25.6 Å². The molecule has 28 heavy (non-hydrogen) atoms. The number of amides is 2. The van der Waals surface area contributed by atoms with Gasteiger partial charge in [0, 0.05) is 18.4 Å². The monoisotopic (exact) mass is 378 g/mol. The molecule has 0 spiro atoms. The van der Waals surface area contributed by atoms with E-state index >= 15 is 0 Å².